The Morgan fingerprint density at radius 1 is 1.28 bits per heavy atom. The molecule has 1 aliphatic rings. The van der Waals surface area contributed by atoms with Gasteiger partial charge in [0.15, 0.2) is 0 Å². The second-order valence-corrected chi connectivity index (χ2v) is 5.69. The van der Waals surface area contributed by atoms with Gasteiger partial charge in [0, 0.05) is 19.2 Å². The van der Waals surface area contributed by atoms with Crippen LogP contribution in [0.15, 0.2) is 0 Å². The molecule has 1 aliphatic heterocycles. The maximum atomic E-state index is 8.74. The Bertz CT molecular complexity index is 199. The first-order valence-electron chi connectivity index (χ1n) is 7.84. The van der Waals surface area contributed by atoms with Gasteiger partial charge in [0.05, 0.1) is 0 Å². The summed E-state index contributed by atoms with van der Waals surface area (Å²) >= 11 is 0. The molecular formula is C15H32N2O. The van der Waals surface area contributed by atoms with Crippen LogP contribution in [0.1, 0.15) is 52.4 Å². The molecule has 3 heteroatoms. The number of piperidine rings is 1. The highest BCUT2D eigenvalue weighted by molar-refractivity contribution is 4.80. The second-order valence-electron chi connectivity index (χ2n) is 5.69. The lowest BCUT2D eigenvalue weighted by molar-refractivity contribution is 0.149. The highest BCUT2D eigenvalue weighted by Gasteiger charge is 2.23. The number of rotatable bonds is 9. The van der Waals surface area contributed by atoms with Gasteiger partial charge >= 0.3 is 0 Å². The fourth-order valence-corrected chi connectivity index (χ4v) is 2.99. The predicted molar refractivity (Wildman–Crippen MR) is 77.9 cm³/mol. The number of hydrogen-bond acceptors (Lipinski definition) is 3. The molecule has 2 N–H and O–H groups in total. The third kappa shape index (κ3) is 6.17. The topological polar surface area (TPSA) is 35.5 Å². The fraction of sp³-hybridized carbons (Fsp3) is 1.00. The van der Waals surface area contributed by atoms with E-state index in [0.29, 0.717) is 12.6 Å². The number of aliphatic hydroxyl groups is 1. The van der Waals surface area contributed by atoms with Crippen LogP contribution in [0.5, 0.6) is 0 Å². The Balaban J connectivity index is 2.14. The molecular weight excluding hydrogens is 224 g/mol. The van der Waals surface area contributed by atoms with E-state index < -0.39 is 0 Å². The van der Waals surface area contributed by atoms with Crippen molar-refractivity contribution in [2.24, 2.45) is 5.92 Å². The van der Waals surface area contributed by atoms with Crippen molar-refractivity contribution in [1.29, 1.82) is 0 Å². The lowest BCUT2D eigenvalue weighted by Gasteiger charge is -2.36. The average Bonchev–Trinajstić information content (AvgIpc) is 2.39. The van der Waals surface area contributed by atoms with Crippen molar-refractivity contribution in [2.75, 3.05) is 32.8 Å². The molecule has 0 amide bonds. The van der Waals surface area contributed by atoms with E-state index >= 15 is 0 Å². The third-order valence-corrected chi connectivity index (χ3v) is 4.16. The van der Waals surface area contributed by atoms with Gasteiger partial charge in [0.2, 0.25) is 0 Å². The molecule has 2 atom stereocenters. The Hall–Kier alpha value is -0.120. The van der Waals surface area contributed by atoms with Gasteiger partial charge in [-0.15, -0.1) is 0 Å². The van der Waals surface area contributed by atoms with E-state index in [1.165, 1.54) is 51.7 Å². The first-order chi connectivity index (χ1) is 8.77. The molecule has 18 heavy (non-hydrogen) atoms. The highest BCUT2D eigenvalue weighted by Crippen LogP contribution is 2.20. The molecule has 1 heterocycles. The third-order valence-electron chi connectivity index (χ3n) is 4.16. The van der Waals surface area contributed by atoms with E-state index in [9.17, 15) is 0 Å². The van der Waals surface area contributed by atoms with Crippen LogP contribution < -0.4 is 5.32 Å². The zero-order valence-electron chi connectivity index (χ0n) is 12.3. The van der Waals surface area contributed by atoms with Crippen molar-refractivity contribution >= 4 is 0 Å². The summed E-state index contributed by atoms with van der Waals surface area (Å²) in [4.78, 5) is 2.64. The molecule has 1 saturated heterocycles. The molecule has 2 unspecified atom stereocenters. The van der Waals surface area contributed by atoms with Crippen molar-refractivity contribution in [3.63, 3.8) is 0 Å². The molecule has 0 aromatic carbocycles. The Morgan fingerprint density at radius 2 is 2.06 bits per heavy atom. The van der Waals surface area contributed by atoms with Crippen LogP contribution >= 0.6 is 0 Å². The predicted octanol–water partition coefficient (Wildman–Crippen LogP) is 2.25. The van der Waals surface area contributed by atoms with Crippen LogP contribution in [0.2, 0.25) is 0 Å². The number of aliphatic hydroxyl groups excluding tert-OH is 1. The summed E-state index contributed by atoms with van der Waals surface area (Å²) in [5.41, 5.74) is 0. The first-order valence-corrected chi connectivity index (χ1v) is 7.84. The van der Waals surface area contributed by atoms with Gasteiger partial charge in [-0.25, -0.2) is 0 Å². The first kappa shape index (κ1) is 15.9. The maximum absolute atomic E-state index is 8.74. The zero-order chi connectivity index (χ0) is 13.2. The Kier molecular flexibility index (Phi) is 8.64. The van der Waals surface area contributed by atoms with E-state index in [4.69, 9.17) is 5.11 Å². The molecule has 0 aromatic rings. The van der Waals surface area contributed by atoms with Crippen molar-refractivity contribution in [2.45, 2.75) is 58.4 Å². The second kappa shape index (κ2) is 9.76. The fourth-order valence-electron chi connectivity index (χ4n) is 2.99. The molecule has 0 bridgehead atoms. The van der Waals surface area contributed by atoms with Gasteiger partial charge in [-0.1, -0.05) is 19.8 Å². The minimum atomic E-state index is 0.353. The molecule has 1 fully saturated rings. The number of nitrogens with one attached hydrogen (secondary N) is 1. The normalized spacial score (nSPS) is 23.2. The molecule has 108 valence electrons. The molecule has 1 rings (SSSR count). The molecule has 0 spiro atoms. The van der Waals surface area contributed by atoms with E-state index in [2.05, 4.69) is 24.1 Å². The van der Waals surface area contributed by atoms with Crippen LogP contribution in [-0.2, 0) is 0 Å². The van der Waals surface area contributed by atoms with Crippen LogP contribution in [0.4, 0.5) is 0 Å². The smallest absolute Gasteiger partial charge is 0.0431 e. The average molecular weight is 256 g/mol. The Morgan fingerprint density at radius 3 is 2.78 bits per heavy atom. The molecule has 0 radical (unpaired) electrons. The summed E-state index contributed by atoms with van der Waals surface area (Å²) in [5.74, 6) is 0.830. The van der Waals surface area contributed by atoms with Crippen molar-refractivity contribution in [1.82, 2.24) is 10.2 Å². The van der Waals surface area contributed by atoms with Crippen LogP contribution in [-0.4, -0.2) is 48.8 Å². The van der Waals surface area contributed by atoms with Gasteiger partial charge in [0.1, 0.15) is 0 Å². The monoisotopic (exact) mass is 256 g/mol. The Labute approximate surface area is 113 Å². The minimum Gasteiger partial charge on any atom is -0.396 e. The zero-order valence-corrected chi connectivity index (χ0v) is 12.3. The number of nitrogens with zero attached hydrogens (tertiary/aromatic N) is 1. The van der Waals surface area contributed by atoms with Gasteiger partial charge in [-0.05, 0) is 58.2 Å². The standard InChI is InChI=1S/C15H32N2O/c1-3-16-14(2)15-9-8-11-17(13-15)10-6-4-5-7-12-18/h14-16,18H,3-13H2,1-2H3. The SMILES string of the molecule is CCNC(C)C1CCCN(CCCCCCO)C1. The summed E-state index contributed by atoms with van der Waals surface area (Å²) in [6.45, 7) is 9.77. The minimum absolute atomic E-state index is 0.353. The summed E-state index contributed by atoms with van der Waals surface area (Å²) in [7, 11) is 0. The maximum Gasteiger partial charge on any atom is 0.0431 e. The van der Waals surface area contributed by atoms with Crippen LogP contribution in [0, 0.1) is 5.92 Å². The lowest BCUT2D eigenvalue weighted by Crippen LogP contribution is -2.44. The van der Waals surface area contributed by atoms with Crippen molar-refractivity contribution in [3.05, 3.63) is 0 Å². The summed E-state index contributed by atoms with van der Waals surface area (Å²) < 4.78 is 0. The number of likely N-dealkylation sites (tertiary alicyclic amines) is 1. The van der Waals surface area contributed by atoms with Gasteiger partial charge in [0.25, 0.3) is 0 Å². The van der Waals surface area contributed by atoms with Gasteiger partial charge in [-0.2, -0.15) is 0 Å². The van der Waals surface area contributed by atoms with Gasteiger partial charge < -0.3 is 15.3 Å². The van der Waals surface area contributed by atoms with Crippen molar-refractivity contribution < 1.29 is 5.11 Å². The highest BCUT2D eigenvalue weighted by atomic mass is 16.2. The number of unbranched alkanes of at least 4 members (excludes halogenated alkanes) is 3. The number of hydrogen-bond donors (Lipinski definition) is 2. The van der Waals surface area contributed by atoms with E-state index in [-0.39, 0.29) is 0 Å². The van der Waals surface area contributed by atoms with Gasteiger partial charge in [-0.3, -0.25) is 0 Å². The quantitative estimate of drug-likeness (QED) is 0.621. The van der Waals surface area contributed by atoms with E-state index in [1.807, 2.05) is 0 Å². The summed E-state index contributed by atoms with van der Waals surface area (Å²) in [6.07, 6.45) is 7.46. The summed E-state index contributed by atoms with van der Waals surface area (Å²) in [6, 6.07) is 0.659. The van der Waals surface area contributed by atoms with Crippen LogP contribution in [0.3, 0.4) is 0 Å². The largest absolute Gasteiger partial charge is 0.396 e. The van der Waals surface area contributed by atoms with E-state index in [0.717, 1.165) is 18.9 Å². The molecule has 0 saturated carbocycles. The van der Waals surface area contributed by atoms with Crippen molar-refractivity contribution in [3.8, 4) is 0 Å². The molecule has 0 aliphatic carbocycles. The summed E-state index contributed by atoms with van der Waals surface area (Å²) in [5, 5.41) is 12.3. The van der Waals surface area contributed by atoms with E-state index in [1.54, 1.807) is 0 Å². The lowest BCUT2D eigenvalue weighted by atomic mass is 9.91. The van der Waals surface area contributed by atoms with Crippen LogP contribution in [0.25, 0.3) is 0 Å². The molecule has 3 nitrogen and oxygen atoms in total. The molecule has 0 aromatic heterocycles.